The van der Waals surface area contributed by atoms with E-state index in [-0.39, 0.29) is 0 Å². The molecule has 106 valence electrons. The number of carbonyl (C=O) groups is 1. The Balaban J connectivity index is 2.39. The molecule has 0 heterocycles. The molecule has 0 radical (unpaired) electrons. The van der Waals surface area contributed by atoms with Gasteiger partial charge < -0.3 is 10.6 Å². The fraction of sp³-hybridized carbons (Fsp3) is 0.933. The van der Waals surface area contributed by atoms with E-state index in [2.05, 4.69) is 20.8 Å². The normalized spacial score (nSPS) is 26.1. The van der Waals surface area contributed by atoms with Crippen molar-refractivity contribution < 1.29 is 4.79 Å². The molecule has 2 N–H and O–H groups in total. The Hall–Kier alpha value is -0.570. The Kier molecular flexibility index (Phi) is 6.13. The highest BCUT2D eigenvalue weighted by atomic mass is 16.2. The summed E-state index contributed by atoms with van der Waals surface area (Å²) in [6, 6.07) is 0.657. The van der Waals surface area contributed by atoms with Gasteiger partial charge in [-0.2, -0.15) is 0 Å². The van der Waals surface area contributed by atoms with Gasteiger partial charge in [0.25, 0.3) is 0 Å². The molecule has 3 unspecified atom stereocenters. The summed E-state index contributed by atoms with van der Waals surface area (Å²) in [5, 5.41) is 0. The Morgan fingerprint density at radius 2 is 2.00 bits per heavy atom. The van der Waals surface area contributed by atoms with E-state index in [1.54, 1.807) is 0 Å². The van der Waals surface area contributed by atoms with Gasteiger partial charge in [-0.15, -0.1) is 0 Å². The third-order valence-electron chi connectivity index (χ3n) is 4.15. The molecule has 1 fully saturated rings. The Morgan fingerprint density at radius 1 is 1.33 bits per heavy atom. The van der Waals surface area contributed by atoms with Crippen molar-refractivity contribution in [3.63, 3.8) is 0 Å². The number of hydrogen-bond acceptors (Lipinski definition) is 2. The summed E-state index contributed by atoms with van der Waals surface area (Å²) in [7, 11) is 1.94. The molecular formula is C15H30N2O. The van der Waals surface area contributed by atoms with Crippen LogP contribution in [0, 0.1) is 11.8 Å². The van der Waals surface area contributed by atoms with Crippen LogP contribution < -0.4 is 5.73 Å². The largest absolute Gasteiger partial charge is 0.343 e. The molecule has 0 aromatic carbocycles. The van der Waals surface area contributed by atoms with Crippen LogP contribution in [0.5, 0.6) is 0 Å². The first kappa shape index (κ1) is 15.5. The van der Waals surface area contributed by atoms with Gasteiger partial charge in [-0.3, -0.25) is 4.79 Å². The molecule has 0 bridgehead atoms. The lowest BCUT2D eigenvalue weighted by Crippen LogP contribution is -2.38. The lowest BCUT2D eigenvalue weighted by atomic mass is 9.84. The number of nitrogens with two attached hydrogens (primary N) is 1. The van der Waals surface area contributed by atoms with E-state index in [0.29, 0.717) is 36.2 Å². The van der Waals surface area contributed by atoms with Crippen LogP contribution in [0.3, 0.4) is 0 Å². The topological polar surface area (TPSA) is 46.3 Å². The van der Waals surface area contributed by atoms with E-state index in [0.717, 1.165) is 19.3 Å². The van der Waals surface area contributed by atoms with Crippen LogP contribution in [0.4, 0.5) is 0 Å². The van der Waals surface area contributed by atoms with Crippen LogP contribution in [0.2, 0.25) is 0 Å². The second-order valence-corrected chi connectivity index (χ2v) is 6.48. The summed E-state index contributed by atoms with van der Waals surface area (Å²) in [5.41, 5.74) is 5.98. The molecule has 18 heavy (non-hydrogen) atoms. The van der Waals surface area contributed by atoms with Gasteiger partial charge in [-0.1, -0.05) is 20.3 Å². The van der Waals surface area contributed by atoms with E-state index in [1.165, 1.54) is 12.8 Å². The van der Waals surface area contributed by atoms with Crippen LogP contribution in [0.15, 0.2) is 0 Å². The third kappa shape index (κ3) is 4.97. The molecule has 3 heteroatoms. The second-order valence-electron chi connectivity index (χ2n) is 6.48. The molecule has 1 amide bonds. The fourth-order valence-corrected chi connectivity index (χ4v) is 3.00. The highest BCUT2D eigenvalue weighted by Crippen LogP contribution is 2.26. The van der Waals surface area contributed by atoms with Crippen LogP contribution in [-0.2, 0) is 4.79 Å². The van der Waals surface area contributed by atoms with Crippen LogP contribution >= 0.6 is 0 Å². The lowest BCUT2D eigenvalue weighted by Gasteiger charge is -2.30. The van der Waals surface area contributed by atoms with Gasteiger partial charge in [0.05, 0.1) is 0 Å². The molecule has 3 nitrogen and oxygen atoms in total. The monoisotopic (exact) mass is 254 g/mol. The van der Waals surface area contributed by atoms with Crippen molar-refractivity contribution in [1.29, 1.82) is 0 Å². The number of nitrogens with zero attached hydrogens (tertiary/aromatic N) is 1. The first-order valence-electron chi connectivity index (χ1n) is 7.41. The molecule has 0 spiro atoms. The standard InChI is InChI=1S/C15H30N2O/c1-11(2)8-12(3)17(4)15(18)10-13-6-5-7-14(16)9-13/h11-14H,5-10,16H2,1-4H3. The van der Waals surface area contributed by atoms with E-state index in [1.807, 2.05) is 11.9 Å². The van der Waals surface area contributed by atoms with Crippen molar-refractivity contribution in [2.75, 3.05) is 7.05 Å². The summed E-state index contributed by atoms with van der Waals surface area (Å²) in [6.07, 6.45) is 6.28. The lowest BCUT2D eigenvalue weighted by molar-refractivity contribution is -0.133. The minimum absolute atomic E-state index is 0.294. The van der Waals surface area contributed by atoms with Gasteiger partial charge in [0.1, 0.15) is 0 Å². The average Bonchev–Trinajstić information content (AvgIpc) is 2.27. The number of carbonyl (C=O) groups excluding carboxylic acids is 1. The molecule has 1 rings (SSSR count). The van der Waals surface area contributed by atoms with Gasteiger partial charge in [-0.25, -0.2) is 0 Å². The molecule has 1 aliphatic carbocycles. The summed E-state index contributed by atoms with van der Waals surface area (Å²) in [6.45, 7) is 6.55. The van der Waals surface area contributed by atoms with Crippen molar-refractivity contribution in [3.05, 3.63) is 0 Å². The zero-order chi connectivity index (χ0) is 13.7. The van der Waals surface area contributed by atoms with E-state index < -0.39 is 0 Å². The number of rotatable bonds is 5. The van der Waals surface area contributed by atoms with Gasteiger partial charge in [0.15, 0.2) is 0 Å². The molecule has 0 aromatic rings. The summed E-state index contributed by atoms with van der Waals surface area (Å²) in [4.78, 5) is 14.2. The van der Waals surface area contributed by atoms with Crippen LogP contribution in [0.25, 0.3) is 0 Å². The van der Waals surface area contributed by atoms with E-state index in [4.69, 9.17) is 5.73 Å². The molecule has 0 saturated heterocycles. The first-order valence-corrected chi connectivity index (χ1v) is 7.41. The first-order chi connectivity index (χ1) is 8.40. The number of hydrogen-bond donors (Lipinski definition) is 1. The second kappa shape index (κ2) is 7.13. The molecule has 3 atom stereocenters. The summed E-state index contributed by atoms with van der Waals surface area (Å²) in [5.74, 6) is 1.44. The van der Waals surface area contributed by atoms with Crippen molar-refractivity contribution in [2.24, 2.45) is 17.6 Å². The predicted octanol–water partition coefficient (Wildman–Crippen LogP) is 2.79. The Labute approximate surface area is 112 Å². The summed E-state index contributed by atoms with van der Waals surface area (Å²) >= 11 is 0. The van der Waals surface area contributed by atoms with Crippen LogP contribution in [0.1, 0.15) is 59.3 Å². The highest BCUT2D eigenvalue weighted by molar-refractivity contribution is 5.76. The maximum absolute atomic E-state index is 12.2. The molecule has 1 aliphatic rings. The van der Waals surface area contributed by atoms with Crippen molar-refractivity contribution >= 4 is 5.91 Å². The maximum Gasteiger partial charge on any atom is 0.222 e. The van der Waals surface area contributed by atoms with Gasteiger partial charge in [-0.05, 0) is 44.4 Å². The fourth-order valence-electron chi connectivity index (χ4n) is 3.00. The molecular weight excluding hydrogens is 224 g/mol. The van der Waals surface area contributed by atoms with Gasteiger partial charge in [0.2, 0.25) is 5.91 Å². The van der Waals surface area contributed by atoms with E-state index in [9.17, 15) is 4.79 Å². The predicted molar refractivity (Wildman–Crippen MR) is 76.2 cm³/mol. The molecule has 1 saturated carbocycles. The Bertz CT molecular complexity index is 265. The van der Waals surface area contributed by atoms with Gasteiger partial charge in [0, 0.05) is 25.6 Å². The number of amides is 1. The Morgan fingerprint density at radius 3 is 2.56 bits per heavy atom. The van der Waals surface area contributed by atoms with Crippen molar-refractivity contribution in [2.45, 2.75) is 71.4 Å². The maximum atomic E-state index is 12.2. The third-order valence-corrected chi connectivity index (χ3v) is 4.15. The van der Waals surface area contributed by atoms with Gasteiger partial charge >= 0.3 is 0 Å². The van der Waals surface area contributed by atoms with E-state index >= 15 is 0 Å². The molecule has 0 aromatic heterocycles. The van der Waals surface area contributed by atoms with Crippen molar-refractivity contribution in [3.8, 4) is 0 Å². The highest BCUT2D eigenvalue weighted by Gasteiger charge is 2.24. The minimum Gasteiger partial charge on any atom is -0.343 e. The smallest absolute Gasteiger partial charge is 0.222 e. The van der Waals surface area contributed by atoms with Crippen molar-refractivity contribution in [1.82, 2.24) is 4.90 Å². The quantitative estimate of drug-likeness (QED) is 0.820. The molecule has 0 aliphatic heterocycles. The zero-order valence-electron chi connectivity index (χ0n) is 12.5. The van der Waals surface area contributed by atoms with Crippen LogP contribution in [-0.4, -0.2) is 29.9 Å². The summed E-state index contributed by atoms with van der Waals surface area (Å²) < 4.78 is 0. The average molecular weight is 254 g/mol. The SMILES string of the molecule is CC(C)CC(C)N(C)C(=O)CC1CCCC(N)C1. The minimum atomic E-state index is 0.294. The zero-order valence-corrected chi connectivity index (χ0v) is 12.5.